The molecule has 3 rings (SSSR count). The van der Waals surface area contributed by atoms with Crippen molar-refractivity contribution in [2.45, 2.75) is 26.8 Å². The average Bonchev–Trinajstić information content (AvgIpc) is 3.24. The Morgan fingerprint density at radius 3 is 3.05 bits per heavy atom. The molecule has 0 spiro atoms. The van der Waals surface area contributed by atoms with Crippen LogP contribution in [0, 0.1) is 6.92 Å². The molecule has 114 valence electrons. The second-order valence-corrected chi connectivity index (χ2v) is 5.67. The van der Waals surface area contributed by atoms with Crippen molar-refractivity contribution in [1.82, 2.24) is 15.5 Å². The Morgan fingerprint density at radius 1 is 1.45 bits per heavy atom. The van der Waals surface area contributed by atoms with E-state index in [0.29, 0.717) is 41.6 Å². The van der Waals surface area contributed by atoms with E-state index in [-0.39, 0.29) is 5.91 Å². The summed E-state index contributed by atoms with van der Waals surface area (Å²) in [6, 6.07) is 3.87. The highest BCUT2D eigenvalue weighted by Gasteiger charge is 2.19. The molecule has 22 heavy (non-hydrogen) atoms. The van der Waals surface area contributed by atoms with Crippen LogP contribution in [0.15, 0.2) is 32.7 Å². The Balaban J connectivity index is 1.68. The Hall–Kier alpha value is -2.41. The van der Waals surface area contributed by atoms with Crippen molar-refractivity contribution in [3.63, 3.8) is 0 Å². The van der Waals surface area contributed by atoms with Gasteiger partial charge in [0.2, 0.25) is 5.89 Å². The molecule has 1 amide bonds. The number of hydrogen-bond acceptors (Lipinski definition) is 6. The molecule has 0 saturated carbocycles. The van der Waals surface area contributed by atoms with E-state index in [0.717, 1.165) is 4.88 Å². The predicted molar refractivity (Wildman–Crippen MR) is 81.6 cm³/mol. The van der Waals surface area contributed by atoms with Crippen LogP contribution >= 0.6 is 11.3 Å². The summed E-state index contributed by atoms with van der Waals surface area (Å²) < 4.78 is 10.5. The summed E-state index contributed by atoms with van der Waals surface area (Å²) in [5, 5.41) is 8.66. The van der Waals surface area contributed by atoms with Crippen molar-refractivity contribution in [3.05, 3.63) is 46.5 Å². The Kier molecular flexibility index (Phi) is 4.06. The highest BCUT2D eigenvalue weighted by Crippen LogP contribution is 2.23. The first-order valence-corrected chi connectivity index (χ1v) is 7.78. The van der Waals surface area contributed by atoms with Crippen LogP contribution in [0.5, 0.6) is 0 Å². The first kappa shape index (κ1) is 14.5. The van der Waals surface area contributed by atoms with Crippen LogP contribution in [0.3, 0.4) is 0 Å². The minimum Gasteiger partial charge on any atom is -0.443 e. The summed E-state index contributed by atoms with van der Waals surface area (Å²) in [6.45, 7) is 3.95. The zero-order valence-corrected chi connectivity index (χ0v) is 13.1. The van der Waals surface area contributed by atoms with Crippen molar-refractivity contribution >= 4 is 17.2 Å². The molecule has 1 N–H and O–H groups in total. The second kappa shape index (κ2) is 6.15. The van der Waals surface area contributed by atoms with Crippen molar-refractivity contribution in [3.8, 4) is 10.8 Å². The minimum absolute atomic E-state index is 0.212. The van der Waals surface area contributed by atoms with Gasteiger partial charge in [-0.15, -0.1) is 11.3 Å². The van der Waals surface area contributed by atoms with Crippen LogP contribution < -0.4 is 5.32 Å². The normalized spacial score (nSPS) is 10.8. The third-order valence-corrected chi connectivity index (χ3v) is 4.07. The molecule has 0 fully saturated rings. The van der Waals surface area contributed by atoms with Gasteiger partial charge >= 0.3 is 0 Å². The monoisotopic (exact) mass is 317 g/mol. The molecular weight excluding hydrogens is 302 g/mol. The lowest BCUT2D eigenvalue weighted by atomic mass is 10.1. The molecule has 0 radical (unpaired) electrons. The average molecular weight is 317 g/mol. The van der Waals surface area contributed by atoms with Gasteiger partial charge in [-0.25, -0.2) is 4.98 Å². The molecule has 6 nitrogen and oxygen atoms in total. The third-order valence-electron chi connectivity index (χ3n) is 3.21. The molecule has 0 aliphatic rings. The number of aromatic nitrogens is 2. The smallest absolute Gasteiger partial charge is 0.257 e. The van der Waals surface area contributed by atoms with Gasteiger partial charge in [0.15, 0.2) is 0 Å². The molecule has 3 aromatic rings. The summed E-state index contributed by atoms with van der Waals surface area (Å²) in [5.41, 5.74) is 1.84. The maximum Gasteiger partial charge on any atom is 0.257 e. The standard InChI is InChI=1S/C15H15N3O3S/c1-3-11-13(9(2)21-18-11)14(19)16-7-10-8-20-15(17-10)12-5-4-6-22-12/h4-6,8H,3,7H2,1-2H3,(H,16,19). The SMILES string of the molecule is CCc1noc(C)c1C(=O)NCc1coc(-c2cccs2)n1. The molecule has 0 aliphatic carbocycles. The Bertz CT molecular complexity index is 774. The van der Waals surface area contributed by atoms with Gasteiger partial charge in [0.05, 0.1) is 22.8 Å². The summed E-state index contributed by atoms with van der Waals surface area (Å²) in [5.74, 6) is 0.875. The van der Waals surface area contributed by atoms with Crippen molar-refractivity contribution in [2.24, 2.45) is 0 Å². The number of carbonyl (C=O) groups excluding carboxylic acids is 1. The molecular formula is C15H15N3O3S. The minimum atomic E-state index is -0.212. The summed E-state index contributed by atoms with van der Waals surface area (Å²) >= 11 is 1.55. The van der Waals surface area contributed by atoms with Crippen LogP contribution in [-0.2, 0) is 13.0 Å². The maximum absolute atomic E-state index is 12.2. The van der Waals surface area contributed by atoms with E-state index in [1.165, 1.54) is 0 Å². The van der Waals surface area contributed by atoms with Gasteiger partial charge in [-0.3, -0.25) is 4.79 Å². The van der Waals surface area contributed by atoms with Crippen molar-refractivity contribution in [2.75, 3.05) is 0 Å². The number of aryl methyl sites for hydroxylation is 2. The topological polar surface area (TPSA) is 81.2 Å². The number of thiophene rings is 1. The maximum atomic E-state index is 12.2. The number of amides is 1. The lowest BCUT2D eigenvalue weighted by Gasteiger charge is -2.02. The van der Waals surface area contributed by atoms with Crippen LogP contribution in [0.2, 0.25) is 0 Å². The Labute approximate surface area is 131 Å². The van der Waals surface area contributed by atoms with Gasteiger partial charge in [-0.05, 0) is 24.8 Å². The molecule has 0 unspecified atom stereocenters. The van der Waals surface area contributed by atoms with Crippen LogP contribution in [-0.4, -0.2) is 16.0 Å². The number of oxazole rings is 1. The van der Waals surface area contributed by atoms with Gasteiger partial charge in [0.1, 0.15) is 17.6 Å². The highest BCUT2D eigenvalue weighted by atomic mass is 32.1. The molecule has 0 saturated heterocycles. The Morgan fingerprint density at radius 2 is 2.32 bits per heavy atom. The summed E-state index contributed by atoms with van der Waals surface area (Å²) in [4.78, 5) is 17.6. The largest absolute Gasteiger partial charge is 0.443 e. The lowest BCUT2D eigenvalue weighted by Crippen LogP contribution is -2.24. The molecule has 0 atom stereocenters. The second-order valence-electron chi connectivity index (χ2n) is 4.72. The van der Waals surface area contributed by atoms with Crippen LogP contribution in [0.25, 0.3) is 10.8 Å². The van der Waals surface area contributed by atoms with Gasteiger partial charge in [-0.1, -0.05) is 18.1 Å². The number of nitrogens with one attached hydrogen (secondary N) is 1. The number of carbonyl (C=O) groups is 1. The number of nitrogens with zero attached hydrogens (tertiary/aromatic N) is 2. The van der Waals surface area contributed by atoms with E-state index in [9.17, 15) is 4.79 Å². The quantitative estimate of drug-likeness (QED) is 0.781. The van der Waals surface area contributed by atoms with Gasteiger partial charge < -0.3 is 14.3 Å². The van der Waals surface area contributed by atoms with Crippen molar-refractivity contribution < 1.29 is 13.7 Å². The third kappa shape index (κ3) is 2.80. The zero-order valence-electron chi connectivity index (χ0n) is 12.3. The van der Waals surface area contributed by atoms with Gasteiger partial charge in [0.25, 0.3) is 5.91 Å². The number of hydrogen-bond donors (Lipinski definition) is 1. The van der Waals surface area contributed by atoms with E-state index in [1.54, 1.807) is 24.5 Å². The van der Waals surface area contributed by atoms with Gasteiger partial charge in [-0.2, -0.15) is 0 Å². The lowest BCUT2D eigenvalue weighted by molar-refractivity contribution is 0.0948. The molecule has 0 aromatic carbocycles. The fraction of sp³-hybridized carbons (Fsp3) is 0.267. The zero-order chi connectivity index (χ0) is 15.5. The predicted octanol–water partition coefficient (Wildman–Crippen LogP) is 3.19. The molecule has 0 bridgehead atoms. The first-order chi connectivity index (χ1) is 10.7. The fourth-order valence-corrected chi connectivity index (χ4v) is 2.77. The first-order valence-electron chi connectivity index (χ1n) is 6.90. The number of rotatable bonds is 5. The summed E-state index contributed by atoms with van der Waals surface area (Å²) in [6.07, 6.45) is 2.20. The molecule has 3 aromatic heterocycles. The van der Waals surface area contributed by atoms with E-state index >= 15 is 0 Å². The summed E-state index contributed by atoms with van der Waals surface area (Å²) in [7, 11) is 0. The van der Waals surface area contributed by atoms with E-state index < -0.39 is 0 Å². The molecule has 0 aliphatic heterocycles. The van der Waals surface area contributed by atoms with E-state index in [1.807, 2.05) is 24.4 Å². The van der Waals surface area contributed by atoms with E-state index in [2.05, 4.69) is 15.5 Å². The van der Waals surface area contributed by atoms with Gasteiger partial charge in [0, 0.05) is 0 Å². The van der Waals surface area contributed by atoms with E-state index in [4.69, 9.17) is 8.94 Å². The van der Waals surface area contributed by atoms with Crippen LogP contribution in [0.4, 0.5) is 0 Å². The van der Waals surface area contributed by atoms with Crippen molar-refractivity contribution in [1.29, 1.82) is 0 Å². The molecule has 3 heterocycles. The highest BCUT2D eigenvalue weighted by molar-refractivity contribution is 7.13. The fourth-order valence-electron chi connectivity index (χ4n) is 2.11. The molecule has 7 heteroatoms. The van der Waals surface area contributed by atoms with Crippen LogP contribution in [0.1, 0.15) is 34.4 Å².